The topological polar surface area (TPSA) is 107 Å². The summed E-state index contributed by atoms with van der Waals surface area (Å²) in [5, 5.41) is 14.6. The van der Waals surface area contributed by atoms with Crippen LogP contribution in [0.2, 0.25) is 0 Å². The van der Waals surface area contributed by atoms with Gasteiger partial charge in [0.25, 0.3) is 0 Å². The van der Waals surface area contributed by atoms with Gasteiger partial charge < -0.3 is 20.7 Å². The van der Waals surface area contributed by atoms with E-state index in [1.54, 1.807) is 6.20 Å². The van der Waals surface area contributed by atoms with Gasteiger partial charge in [-0.2, -0.15) is 0 Å². The van der Waals surface area contributed by atoms with Gasteiger partial charge in [-0.05, 0) is 18.3 Å². The average Bonchev–Trinajstić information content (AvgIpc) is 2.99. The number of hydrogen-bond donors (Lipinski definition) is 4. The maximum Gasteiger partial charge on any atom is 0.326 e. The fourth-order valence-electron chi connectivity index (χ4n) is 2.77. The molecule has 2 amide bonds. The van der Waals surface area contributed by atoms with Crippen molar-refractivity contribution in [2.24, 2.45) is 5.41 Å². The number of aliphatic carboxylic acids is 1. The molecule has 21 heavy (non-hydrogen) atoms. The van der Waals surface area contributed by atoms with Crippen molar-refractivity contribution in [2.75, 3.05) is 0 Å². The van der Waals surface area contributed by atoms with Crippen LogP contribution in [0.5, 0.6) is 0 Å². The smallest absolute Gasteiger partial charge is 0.326 e. The number of urea groups is 1. The third-order valence-electron chi connectivity index (χ3n) is 4.14. The lowest BCUT2D eigenvalue weighted by Crippen LogP contribution is -2.51. The molecule has 1 aliphatic rings. The van der Waals surface area contributed by atoms with Crippen molar-refractivity contribution in [1.29, 1.82) is 0 Å². The van der Waals surface area contributed by atoms with Crippen LogP contribution in [-0.4, -0.2) is 39.2 Å². The normalized spacial score (nSPS) is 21.7. The van der Waals surface area contributed by atoms with E-state index in [2.05, 4.69) is 34.4 Å². The number of imidazole rings is 1. The Bertz CT molecular complexity index is 498. The summed E-state index contributed by atoms with van der Waals surface area (Å²) in [7, 11) is 0. The van der Waals surface area contributed by atoms with Gasteiger partial charge in [-0.25, -0.2) is 14.6 Å². The number of nitrogens with one attached hydrogen (secondary N) is 3. The van der Waals surface area contributed by atoms with Crippen molar-refractivity contribution in [3.05, 3.63) is 18.2 Å². The molecule has 1 unspecified atom stereocenters. The van der Waals surface area contributed by atoms with E-state index in [0.29, 0.717) is 5.69 Å². The predicted octanol–water partition coefficient (Wildman–Crippen LogP) is 1.28. The summed E-state index contributed by atoms with van der Waals surface area (Å²) in [6.45, 7) is 4.23. The Balaban J connectivity index is 1.91. The van der Waals surface area contributed by atoms with Gasteiger partial charge in [-0.1, -0.05) is 20.3 Å². The number of nitrogens with zero attached hydrogens (tertiary/aromatic N) is 1. The summed E-state index contributed by atoms with van der Waals surface area (Å²) in [5.41, 5.74) is 0.725. The number of carbonyl (C=O) groups is 2. The van der Waals surface area contributed by atoms with Crippen LogP contribution in [0.3, 0.4) is 0 Å². The van der Waals surface area contributed by atoms with Crippen LogP contribution >= 0.6 is 0 Å². The first-order chi connectivity index (χ1) is 9.88. The highest BCUT2D eigenvalue weighted by Crippen LogP contribution is 2.37. The molecule has 1 aromatic heterocycles. The van der Waals surface area contributed by atoms with Crippen molar-refractivity contribution in [3.8, 4) is 0 Å². The lowest BCUT2D eigenvalue weighted by atomic mass is 9.87. The van der Waals surface area contributed by atoms with E-state index in [0.717, 1.165) is 19.3 Å². The highest BCUT2D eigenvalue weighted by atomic mass is 16.4. The number of carboxylic acids is 1. The fraction of sp³-hybridized carbons (Fsp3) is 0.643. The summed E-state index contributed by atoms with van der Waals surface area (Å²) in [5.74, 6) is -1.06. The zero-order valence-corrected chi connectivity index (χ0v) is 12.3. The molecule has 7 heteroatoms. The van der Waals surface area contributed by atoms with Gasteiger partial charge in [0.05, 0.1) is 6.33 Å². The Morgan fingerprint density at radius 2 is 2.33 bits per heavy atom. The molecule has 116 valence electrons. The van der Waals surface area contributed by atoms with Gasteiger partial charge >= 0.3 is 12.0 Å². The predicted molar refractivity (Wildman–Crippen MR) is 76.8 cm³/mol. The van der Waals surface area contributed by atoms with Crippen LogP contribution < -0.4 is 10.6 Å². The van der Waals surface area contributed by atoms with E-state index in [4.69, 9.17) is 0 Å². The number of aromatic nitrogens is 2. The fourth-order valence-corrected chi connectivity index (χ4v) is 2.77. The number of rotatable bonds is 5. The quantitative estimate of drug-likeness (QED) is 0.656. The minimum atomic E-state index is -1.06. The molecule has 1 heterocycles. The zero-order chi connectivity index (χ0) is 15.5. The Hall–Kier alpha value is -2.05. The molecular formula is C14H22N4O3. The van der Waals surface area contributed by atoms with Gasteiger partial charge in [0.15, 0.2) is 0 Å². The zero-order valence-electron chi connectivity index (χ0n) is 12.3. The molecule has 1 saturated carbocycles. The third-order valence-corrected chi connectivity index (χ3v) is 4.14. The lowest BCUT2D eigenvalue weighted by molar-refractivity contribution is -0.139. The summed E-state index contributed by atoms with van der Waals surface area (Å²) in [6, 6.07) is -1.32. The Labute approximate surface area is 123 Å². The molecule has 4 N–H and O–H groups in total. The monoisotopic (exact) mass is 294 g/mol. The first-order valence-corrected chi connectivity index (χ1v) is 7.15. The summed E-state index contributed by atoms with van der Waals surface area (Å²) < 4.78 is 0. The Morgan fingerprint density at radius 1 is 1.57 bits per heavy atom. The second-order valence-corrected chi connectivity index (χ2v) is 6.22. The van der Waals surface area contributed by atoms with Gasteiger partial charge in [0.1, 0.15) is 6.04 Å². The van der Waals surface area contributed by atoms with Gasteiger partial charge in [0, 0.05) is 24.4 Å². The lowest BCUT2D eigenvalue weighted by Gasteiger charge is -2.28. The Morgan fingerprint density at radius 3 is 2.86 bits per heavy atom. The molecule has 1 fully saturated rings. The van der Waals surface area contributed by atoms with E-state index in [1.165, 1.54) is 6.33 Å². The molecule has 2 atom stereocenters. The van der Waals surface area contributed by atoms with E-state index in [-0.39, 0.29) is 17.9 Å². The van der Waals surface area contributed by atoms with Crippen molar-refractivity contribution in [1.82, 2.24) is 20.6 Å². The highest BCUT2D eigenvalue weighted by molar-refractivity contribution is 5.82. The molecule has 0 radical (unpaired) electrons. The molecule has 2 rings (SSSR count). The van der Waals surface area contributed by atoms with Crippen LogP contribution in [0.15, 0.2) is 12.5 Å². The molecule has 0 bridgehead atoms. The van der Waals surface area contributed by atoms with Crippen LogP contribution in [0.4, 0.5) is 4.79 Å². The van der Waals surface area contributed by atoms with Gasteiger partial charge in [-0.15, -0.1) is 0 Å². The van der Waals surface area contributed by atoms with Crippen LogP contribution in [0, 0.1) is 5.41 Å². The summed E-state index contributed by atoms with van der Waals surface area (Å²) in [6.07, 6.45) is 6.28. The van der Waals surface area contributed by atoms with Crippen LogP contribution in [0.25, 0.3) is 0 Å². The number of carboxylic acid groups (broad SMARTS) is 1. The molecular weight excluding hydrogens is 272 g/mol. The number of amides is 2. The van der Waals surface area contributed by atoms with Crippen LogP contribution in [-0.2, 0) is 11.2 Å². The molecule has 1 aliphatic carbocycles. The molecule has 0 aliphatic heterocycles. The Kier molecular flexibility index (Phi) is 4.50. The largest absolute Gasteiger partial charge is 0.480 e. The molecule has 7 nitrogen and oxygen atoms in total. The van der Waals surface area contributed by atoms with Gasteiger partial charge in [-0.3, -0.25) is 0 Å². The molecule has 0 aromatic carbocycles. The minimum absolute atomic E-state index is 0.0550. The van der Waals surface area contributed by atoms with Crippen molar-refractivity contribution in [3.63, 3.8) is 0 Å². The first kappa shape index (κ1) is 15.3. The van der Waals surface area contributed by atoms with E-state index in [9.17, 15) is 14.7 Å². The molecule has 0 saturated heterocycles. The second kappa shape index (κ2) is 6.15. The third kappa shape index (κ3) is 3.96. The minimum Gasteiger partial charge on any atom is -0.480 e. The second-order valence-electron chi connectivity index (χ2n) is 6.22. The average molecular weight is 294 g/mol. The maximum atomic E-state index is 12.0. The van der Waals surface area contributed by atoms with E-state index in [1.807, 2.05) is 0 Å². The summed E-state index contributed by atoms with van der Waals surface area (Å²) in [4.78, 5) is 29.9. The molecule has 1 aromatic rings. The van der Waals surface area contributed by atoms with Crippen molar-refractivity contribution < 1.29 is 14.7 Å². The standard InChI is InChI=1S/C14H22N4O3/c1-14(2)5-3-4-11(14)18-13(21)17-10(12(19)20)6-9-7-15-8-16-9/h7-8,10-11H,3-6H2,1-2H3,(H,15,16)(H,19,20)(H2,17,18,21)/t10-,11?/m0/s1. The van der Waals surface area contributed by atoms with Crippen molar-refractivity contribution in [2.45, 2.75) is 51.6 Å². The number of aromatic amines is 1. The van der Waals surface area contributed by atoms with Crippen molar-refractivity contribution >= 4 is 12.0 Å². The van der Waals surface area contributed by atoms with Gasteiger partial charge in [0.2, 0.25) is 0 Å². The maximum absolute atomic E-state index is 12.0. The SMILES string of the molecule is CC1(C)CCCC1NC(=O)N[C@@H](Cc1cnc[nH]1)C(=O)O. The number of H-pyrrole nitrogens is 1. The first-order valence-electron chi connectivity index (χ1n) is 7.15. The summed E-state index contributed by atoms with van der Waals surface area (Å²) >= 11 is 0. The van der Waals surface area contributed by atoms with Crippen LogP contribution in [0.1, 0.15) is 38.8 Å². The molecule has 0 spiro atoms. The number of hydrogen-bond acceptors (Lipinski definition) is 3. The highest BCUT2D eigenvalue weighted by Gasteiger charge is 2.35. The van der Waals surface area contributed by atoms with E-state index >= 15 is 0 Å². The van der Waals surface area contributed by atoms with E-state index < -0.39 is 18.0 Å². The number of carbonyl (C=O) groups excluding carboxylic acids is 1.